The molecular formula is C11H23NO2. The third kappa shape index (κ3) is 3.56. The molecule has 0 aliphatic carbocycles. The molecule has 1 fully saturated rings. The van der Waals surface area contributed by atoms with Gasteiger partial charge in [-0.1, -0.05) is 19.8 Å². The summed E-state index contributed by atoms with van der Waals surface area (Å²) in [5.41, 5.74) is -0.0494. The highest BCUT2D eigenvalue weighted by molar-refractivity contribution is 4.86. The third-order valence-electron chi connectivity index (χ3n) is 2.90. The fourth-order valence-corrected chi connectivity index (χ4v) is 1.78. The summed E-state index contributed by atoms with van der Waals surface area (Å²) in [4.78, 5) is 0. The number of methoxy groups -OCH3 is 1. The molecule has 1 aliphatic rings. The van der Waals surface area contributed by atoms with E-state index in [-0.39, 0.29) is 5.60 Å². The van der Waals surface area contributed by atoms with Crippen molar-refractivity contribution in [3.8, 4) is 0 Å². The SMILES string of the molecule is CCCCCNCC1(OC)CCOC1. The third-order valence-corrected chi connectivity index (χ3v) is 2.90. The molecule has 1 heterocycles. The van der Waals surface area contributed by atoms with Crippen LogP contribution in [-0.4, -0.2) is 39.0 Å². The first kappa shape index (κ1) is 12.0. The van der Waals surface area contributed by atoms with Crippen molar-refractivity contribution < 1.29 is 9.47 Å². The van der Waals surface area contributed by atoms with E-state index < -0.39 is 0 Å². The van der Waals surface area contributed by atoms with Gasteiger partial charge in [-0.05, 0) is 13.0 Å². The fourth-order valence-electron chi connectivity index (χ4n) is 1.78. The fraction of sp³-hybridized carbons (Fsp3) is 1.00. The molecule has 84 valence electrons. The average molecular weight is 201 g/mol. The van der Waals surface area contributed by atoms with Gasteiger partial charge in [-0.15, -0.1) is 0 Å². The Kier molecular flexibility index (Phi) is 5.45. The normalized spacial score (nSPS) is 27.0. The molecule has 3 heteroatoms. The maximum Gasteiger partial charge on any atom is 0.106 e. The second-order valence-corrected chi connectivity index (χ2v) is 4.07. The van der Waals surface area contributed by atoms with Crippen LogP contribution in [0.3, 0.4) is 0 Å². The first-order valence-corrected chi connectivity index (χ1v) is 5.66. The number of rotatable bonds is 7. The van der Waals surface area contributed by atoms with E-state index in [1.54, 1.807) is 7.11 Å². The van der Waals surface area contributed by atoms with Gasteiger partial charge in [0.25, 0.3) is 0 Å². The van der Waals surface area contributed by atoms with Crippen LogP contribution in [0.1, 0.15) is 32.6 Å². The van der Waals surface area contributed by atoms with E-state index in [9.17, 15) is 0 Å². The lowest BCUT2D eigenvalue weighted by Crippen LogP contribution is -2.43. The topological polar surface area (TPSA) is 30.5 Å². The van der Waals surface area contributed by atoms with E-state index in [4.69, 9.17) is 9.47 Å². The highest BCUT2D eigenvalue weighted by atomic mass is 16.5. The molecule has 1 aliphatic heterocycles. The molecule has 1 unspecified atom stereocenters. The van der Waals surface area contributed by atoms with Crippen molar-refractivity contribution in [3.63, 3.8) is 0 Å². The highest BCUT2D eigenvalue weighted by Crippen LogP contribution is 2.21. The molecule has 0 amide bonds. The summed E-state index contributed by atoms with van der Waals surface area (Å²) in [6.07, 6.45) is 4.87. The van der Waals surface area contributed by atoms with Gasteiger partial charge in [-0.3, -0.25) is 0 Å². The molecule has 14 heavy (non-hydrogen) atoms. The smallest absolute Gasteiger partial charge is 0.106 e. The summed E-state index contributed by atoms with van der Waals surface area (Å²) in [5, 5.41) is 3.45. The van der Waals surface area contributed by atoms with Gasteiger partial charge in [0.2, 0.25) is 0 Å². The Bertz CT molecular complexity index is 144. The van der Waals surface area contributed by atoms with Crippen LogP contribution in [0.25, 0.3) is 0 Å². The van der Waals surface area contributed by atoms with E-state index in [1.165, 1.54) is 19.3 Å². The number of ether oxygens (including phenoxy) is 2. The summed E-state index contributed by atoms with van der Waals surface area (Å²) >= 11 is 0. The van der Waals surface area contributed by atoms with Crippen molar-refractivity contribution in [1.82, 2.24) is 5.32 Å². The Morgan fingerprint density at radius 3 is 2.86 bits per heavy atom. The van der Waals surface area contributed by atoms with Crippen LogP contribution in [0, 0.1) is 0 Å². The number of nitrogens with one attached hydrogen (secondary N) is 1. The summed E-state index contributed by atoms with van der Waals surface area (Å²) in [7, 11) is 1.78. The predicted octanol–water partition coefficient (Wildman–Crippen LogP) is 1.57. The number of hydrogen-bond acceptors (Lipinski definition) is 3. The van der Waals surface area contributed by atoms with Gasteiger partial charge in [0.05, 0.1) is 6.61 Å². The van der Waals surface area contributed by atoms with Crippen molar-refractivity contribution >= 4 is 0 Å². The van der Waals surface area contributed by atoms with Gasteiger partial charge in [0.15, 0.2) is 0 Å². The summed E-state index contributed by atoms with van der Waals surface area (Å²) in [5.74, 6) is 0. The maximum atomic E-state index is 5.52. The second-order valence-electron chi connectivity index (χ2n) is 4.07. The number of hydrogen-bond donors (Lipinski definition) is 1. The molecule has 1 saturated heterocycles. The van der Waals surface area contributed by atoms with E-state index in [0.29, 0.717) is 0 Å². The monoisotopic (exact) mass is 201 g/mol. The molecule has 1 atom stereocenters. The van der Waals surface area contributed by atoms with Crippen molar-refractivity contribution in [1.29, 1.82) is 0 Å². The zero-order chi connectivity index (χ0) is 10.3. The van der Waals surface area contributed by atoms with Crippen molar-refractivity contribution in [2.45, 2.75) is 38.2 Å². The Balaban J connectivity index is 2.08. The zero-order valence-electron chi connectivity index (χ0n) is 9.47. The molecule has 1 rings (SSSR count). The number of unbranched alkanes of at least 4 members (excludes halogenated alkanes) is 2. The maximum absolute atomic E-state index is 5.52. The van der Waals surface area contributed by atoms with Gasteiger partial charge in [-0.25, -0.2) is 0 Å². The molecule has 3 nitrogen and oxygen atoms in total. The van der Waals surface area contributed by atoms with Gasteiger partial charge >= 0.3 is 0 Å². The van der Waals surface area contributed by atoms with Crippen LogP contribution in [-0.2, 0) is 9.47 Å². The van der Waals surface area contributed by atoms with Gasteiger partial charge in [0, 0.05) is 26.7 Å². The van der Waals surface area contributed by atoms with Crippen molar-refractivity contribution in [3.05, 3.63) is 0 Å². The molecule has 0 saturated carbocycles. The molecule has 1 N–H and O–H groups in total. The van der Waals surface area contributed by atoms with E-state index in [2.05, 4.69) is 12.2 Å². The Labute approximate surface area is 87.2 Å². The predicted molar refractivity (Wildman–Crippen MR) is 57.6 cm³/mol. The van der Waals surface area contributed by atoms with Crippen molar-refractivity contribution in [2.24, 2.45) is 0 Å². The van der Waals surface area contributed by atoms with Gasteiger partial charge in [0.1, 0.15) is 5.60 Å². The largest absolute Gasteiger partial charge is 0.378 e. The van der Waals surface area contributed by atoms with Crippen LogP contribution in [0.5, 0.6) is 0 Å². The second kappa shape index (κ2) is 6.38. The highest BCUT2D eigenvalue weighted by Gasteiger charge is 2.34. The molecule has 0 aromatic heterocycles. The minimum Gasteiger partial charge on any atom is -0.378 e. The molecule has 0 spiro atoms. The van der Waals surface area contributed by atoms with E-state index >= 15 is 0 Å². The molecule has 0 aromatic rings. The summed E-state index contributed by atoms with van der Waals surface area (Å²) in [6.45, 7) is 5.82. The lowest BCUT2D eigenvalue weighted by molar-refractivity contribution is -0.0156. The van der Waals surface area contributed by atoms with E-state index in [1.807, 2.05) is 0 Å². The van der Waals surface area contributed by atoms with Crippen LogP contribution in [0.2, 0.25) is 0 Å². The van der Waals surface area contributed by atoms with Gasteiger partial charge < -0.3 is 14.8 Å². The summed E-state index contributed by atoms with van der Waals surface area (Å²) in [6, 6.07) is 0. The molecule has 0 aromatic carbocycles. The molecule has 0 radical (unpaired) electrons. The van der Waals surface area contributed by atoms with Gasteiger partial charge in [-0.2, -0.15) is 0 Å². The quantitative estimate of drug-likeness (QED) is 0.634. The lowest BCUT2D eigenvalue weighted by Gasteiger charge is -2.25. The van der Waals surface area contributed by atoms with E-state index in [0.717, 1.165) is 32.7 Å². The van der Waals surface area contributed by atoms with Crippen molar-refractivity contribution in [2.75, 3.05) is 33.4 Å². The first-order valence-electron chi connectivity index (χ1n) is 5.66. The molecule has 0 bridgehead atoms. The van der Waals surface area contributed by atoms with Crippen LogP contribution >= 0.6 is 0 Å². The Hall–Kier alpha value is -0.120. The average Bonchev–Trinajstić information content (AvgIpc) is 2.67. The zero-order valence-corrected chi connectivity index (χ0v) is 9.47. The van der Waals surface area contributed by atoms with Crippen LogP contribution < -0.4 is 5.32 Å². The standard InChI is InChI=1S/C11H23NO2/c1-3-4-5-7-12-9-11(13-2)6-8-14-10-11/h12H,3-10H2,1-2H3. The minimum absolute atomic E-state index is 0.0494. The lowest BCUT2D eigenvalue weighted by atomic mass is 10.0. The van der Waals surface area contributed by atoms with Crippen LogP contribution in [0.4, 0.5) is 0 Å². The first-order chi connectivity index (χ1) is 6.83. The molecular weight excluding hydrogens is 178 g/mol. The van der Waals surface area contributed by atoms with Crippen LogP contribution in [0.15, 0.2) is 0 Å². The Morgan fingerprint density at radius 2 is 2.29 bits per heavy atom. The Morgan fingerprint density at radius 1 is 1.43 bits per heavy atom. The minimum atomic E-state index is -0.0494. The summed E-state index contributed by atoms with van der Waals surface area (Å²) < 4.78 is 10.9.